The van der Waals surface area contributed by atoms with Crippen molar-refractivity contribution < 1.29 is 4.79 Å². The van der Waals surface area contributed by atoms with Crippen molar-refractivity contribution in [3.63, 3.8) is 0 Å². The van der Waals surface area contributed by atoms with E-state index >= 15 is 0 Å². The lowest BCUT2D eigenvalue weighted by Gasteiger charge is -2.33. The van der Waals surface area contributed by atoms with E-state index in [1.54, 1.807) is 12.5 Å². The summed E-state index contributed by atoms with van der Waals surface area (Å²) in [7, 11) is 0. The third-order valence-corrected chi connectivity index (χ3v) is 6.34. The number of fused-ring (bicyclic) bond motifs is 1. The Morgan fingerprint density at radius 2 is 2.19 bits per heavy atom. The zero-order valence-electron chi connectivity index (χ0n) is 15.6. The lowest BCUT2D eigenvalue weighted by Crippen LogP contribution is -2.41. The van der Waals surface area contributed by atoms with E-state index in [0.717, 1.165) is 51.6 Å². The minimum Gasteiger partial charge on any atom is -0.364 e. The second-order valence-electron chi connectivity index (χ2n) is 6.98. The van der Waals surface area contributed by atoms with Gasteiger partial charge in [0.1, 0.15) is 17.0 Å². The first kappa shape index (κ1) is 17.9. The van der Waals surface area contributed by atoms with Crippen LogP contribution >= 0.6 is 11.3 Å². The highest BCUT2D eigenvalue weighted by Crippen LogP contribution is 2.35. The molecule has 1 N–H and O–H groups in total. The Kier molecular flexibility index (Phi) is 5.03. The Morgan fingerprint density at radius 3 is 2.96 bits per heavy atom. The summed E-state index contributed by atoms with van der Waals surface area (Å²) in [6.07, 6.45) is 6.68. The summed E-state index contributed by atoms with van der Waals surface area (Å²) in [6, 6.07) is 6.13. The molecule has 1 aliphatic rings. The lowest BCUT2D eigenvalue weighted by atomic mass is 10.0. The van der Waals surface area contributed by atoms with Crippen LogP contribution in [0.2, 0.25) is 0 Å². The number of pyridine rings is 1. The van der Waals surface area contributed by atoms with Gasteiger partial charge in [-0.25, -0.2) is 9.97 Å². The van der Waals surface area contributed by atoms with E-state index < -0.39 is 0 Å². The van der Waals surface area contributed by atoms with Crippen molar-refractivity contribution >= 4 is 33.3 Å². The van der Waals surface area contributed by atoms with Crippen molar-refractivity contribution in [2.24, 2.45) is 0 Å². The monoisotopic (exact) mass is 381 g/mol. The molecule has 0 spiro atoms. The fourth-order valence-corrected chi connectivity index (χ4v) is 4.72. The molecule has 1 atom stereocenters. The zero-order chi connectivity index (χ0) is 18.8. The Hall–Kier alpha value is -2.54. The normalized spacial score (nSPS) is 17.3. The quantitative estimate of drug-likeness (QED) is 0.739. The number of likely N-dealkylation sites (tertiary alicyclic amines) is 1. The molecule has 1 saturated heterocycles. The van der Waals surface area contributed by atoms with Gasteiger partial charge >= 0.3 is 0 Å². The number of aryl methyl sites for hydroxylation is 1. The van der Waals surface area contributed by atoms with Gasteiger partial charge in [-0.15, -0.1) is 11.3 Å². The van der Waals surface area contributed by atoms with Gasteiger partial charge in [-0.3, -0.25) is 9.78 Å². The predicted molar refractivity (Wildman–Crippen MR) is 108 cm³/mol. The predicted octanol–water partition coefficient (Wildman–Crippen LogP) is 4.02. The smallest absolute Gasteiger partial charge is 0.264 e. The first-order valence-electron chi connectivity index (χ1n) is 9.34. The van der Waals surface area contributed by atoms with E-state index in [1.165, 1.54) is 17.8 Å². The van der Waals surface area contributed by atoms with Crippen LogP contribution in [-0.4, -0.2) is 38.3 Å². The second kappa shape index (κ2) is 7.60. The van der Waals surface area contributed by atoms with Gasteiger partial charge in [-0.05, 0) is 50.8 Å². The van der Waals surface area contributed by atoms with Crippen molar-refractivity contribution in [1.29, 1.82) is 0 Å². The average Bonchev–Trinajstić information content (AvgIpc) is 3.04. The summed E-state index contributed by atoms with van der Waals surface area (Å²) in [6.45, 7) is 5.55. The maximum absolute atomic E-state index is 13.1. The number of thiophene rings is 1. The summed E-state index contributed by atoms with van der Waals surface area (Å²) >= 11 is 1.47. The van der Waals surface area contributed by atoms with Crippen LogP contribution < -0.4 is 5.32 Å². The Morgan fingerprint density at radius 1 is 1.30 bits per heavy atom. The number of rotatable bonds is 4. The molecular formula is C20H23N5OS. The van der Waals surface area contributed by atoms with Gasteiger partial charge in [0.05, 0.1) is 22.5 Å². The van der Waals surface area contributed by atoms with Crippen LogP contribution in [0.3, 0.4) is 0 Å². The third-order valence-electron chi connectivity index (χ3n) is 5.15. The highest BCUT2D eigenvalue weighted by Gasteiger charge is 2.28. The fraction of sp³-hybridized carbons (Fsp3) is 0.400. The van der Waals surface area contributed by atoms with E-state index in [0.29, 0.717) is 12.6 Å². The molecule has 3 aromatic rings. The molecule has 0 aromatic carbocycles. The van der Waals surface area contributed by atoms with E-state index in [2.05, 4.69) is 27.2 Å². The summed E-state index contributed by atoms with van der Waals surface area (Å²) in [5, 5.41) is 4.29. The first-order chi connectivity index (χ1) is 13.1. The molecule has 1 fully saturated rings. The number of carbonyl (C=O) groups is 1. The molecule has 7 heteroatoms. The van der Waals surface area contributed by atoms with E-state index in [4.69, 9.17) is 0 Å². The van der Waals surface area contributed by atoms with Crippen molar-refractivity contribution in [3.8, 4) is 0 Å². The summed E-state index contributed by atoms with van der Waals surface area (Å²) in [4.78, 5) is 29.9. The lowest BCUT2D eigenvalue weighted by molar-refractivity contribution is 0.0640. The molecule has 4 rings (SSSR count). The minimum absolute atomic E-state index is 0.123. The minimum atomic E-state index is 0.123. The molecule has 0 aliphatic carbocycles. The SMILES string of the molecule is Cc1c(C(=O)N2CCCC[C@H]2C)sc2ncnc(NCc3ccccn3)c12. The van der Waals surface area contributed by atoms with Crippen molar-refractivity contribution in [1.82, 2.24) is 19.9 Å². The molecule has 0 bridgehead atoms. The van der Waals surface area contributed by atoms with E-state index in [-0.39, 0.29) is 5.91 Å². The average molecular weight is 382 g/mol. The Labute approximate surface area is 162 Å². The molecule has 0 saturated carbocycles. The van der Waals surface area contributed by atoms with Gasteiger partial charge in [-0.1, -0.05) is 6.07 Å². The van der Waals surface area contributed by atoms with Crippen LogP contribution in [0.1, 0.15) is 47.1 Å². The molecule has 3 aromatic heterocycles. The molecule has 0 radical (unpaired) electrons. The largest absolute Gasteiger partial charge is 0.364 e. The van der Waals surface area contributed by atoms with Gasteiger partial charge in [-0.2, -0.15) is 0 Å². The third kappa shape index (κ3) is 3.51. The number of nitrogens with one attached hydrogen (secondary N) is 1. The zero-order valence-corrected chi connectivity index (χ0v) is 16.4. The van der Waals surface area contributed by atoms with Crippen molar-refractivity contribution in [3.05, 3.63) is 46.9 Å². The first-order valence-corrected chi connectivity index (χ1v) is 10.2. The summed E-state index contributed by atoms with van der Waals surface area (Å²) in [5.74, 6) is 0.878. The van der Waals surface area contributed by atoms with Crippen molar-refractivity contribution in [2.45, 2.75) is 45.7 Å². The standard InChI is InChI=1S/C20H23N5OS/c1-13-7-4-6-10-25(13)20(26)17-14(2)16-18(23-12-24-19(16)27-17)22-11-15-8-3-5-9-21-15/h3,5,8-9,12-13H,4,6-7,10-11H2,1-2H3,(H,22,23,24)/t13-/m1/s1. The fourth-order valence-electron chi connectivity index (χ4n) is 3.62. The molecule has 4 heterocycles. The van der Waals surface area contributed by atoms with Crippen LogP contribution in [0.5, 0.6) is 0 Å². The summed E-state index contributed by atoms with van der Waals surface area (Å²) < 4.78 is 0. The van der Waals surface area contributed by atoms with Crippen LogP contribution in [0, 0.1) is 6.92 Å². The van der Waals surface area contributed by atoms with Crippen LogP contribution in [-0.2, 0) is 6.54 Å². The molecule has 140 valence electrons. The number of amides is 1. The topological polar surface area (TPSA) is 71.0 Å². The van der Waals surface area contributed by atoms with Crippen LogP contribution in [0.4, 0.5) is 5.82 Å². The molecule has 27 heavy (non-hydrogen) atoms. The number of nitrogens with zero attached hydrogens (tertiary/aromatic N) is 4. The maximum Gasteiger partial charge on any atom is 0.264 e. The Bertz CT molecular complexity index is 956. The molecule has 1 aliphatic heterocycles. The maximum atomic E-state index is 13.1. The number of hydrogen-bond acceptors (Lipinski definition) is 6. The number of carbonyl (C=O) groups excluding carboxylic acids is 1. The van der Waals surface area contributed by atoms with E-state index in [1.807, 2.05) is 30.0 Å². The highest BCUT2D eigenvalue weighted by molar-refractivity contribution is 7.20. The van der Waals surface area contributed by atoms with E-state index in [9.17, 15) is 4.79 Å². The molecular weight excluding hydrogens is 358 g/mol. The van der Waals surface area contributed by atoms with Gasteiger partial charge in [0.25, 0.3) is 5.91 Å². The molecule has 0 unspecified atom stereocenters. The van der Waals surface area contributed by atoms with Crippen molar-refractivity contribution in [2.75, 3.05) is 11.9 Å². The van der Waals surface area contributed by atoms with Gasteiger partial charge in [0.15, 0.2) is 0 Å². The summed E-state index contributed by atoms with van der Waals surface area (Å²) in [5.41, 5.74) is 1.90. The second-order valence-corrected chi connectivity index (χ2v) is 7.98. The number of anilines is 1. The van der Waals surface area contributed by atoms with Crippen LogP contribution in [0.25, 0.3) is 10.2 Å². The van der Waals surface area contributed by atoms with Gasteiger partial charge in [0, 0.05) is 18.8 Å². The van der Waals surface area contributed by atoms with Gasteiger partial charge in [0.2, 0.25) is 0 Å². The Balaban J connectivity index is 1.64. The van der Waals surface area contributed by atoms with Gasteiger partial charge < -0.3 is 10.2 Å². The molecule has 1 amide bonds. The number of aromatic nitrogens is 3. The highest BCUT2D eigenvalue weighted by atomic mass is 32.1. The number of piperidine rings is 1. The van der Waals surface area contributed by atoms with Crippen LogP contribution in [0.15, 0.2) is 30.7 Å². The number of hydrogen-bond donors (Lipinski definition) is 1. The molecule has 6 nitrogen and oxygen atoms in total.